The monoisotopic (exact) mass is 243 g/mol. The second-order valence-corrected chi connectivity index (χ2v) is 3.53. The van der Waals surface area contributed by atoms with Gasteiger partial charge in [-0.2, -0.15) is 0 Å². The van der Waals surface area contributed by atoms with Crippen LogP contribution in [0.15, 0.2) is 16.6 Å². The van der Waals surface area contributed by atoms with Crippen molar-refractivity contribution in [3.8, 4) is 0 Å². The molecule has 1 aromatic carbocycles. The molecule has 4 heteroatoms. The Morgan fingerprint density at radius 1 is 1.54 bits per heavy atom. The Balaban J connectivity index is 3.23. The lowest BCUT2D eigenvalue weighted by Gasteiger charge is -2.06. The van der Waals surface area contributed by atoms with Gasteiger partial charge in [0.05, 0.1) is 12.7 Å². The van der Waals surface area contributed by atoms with E-state index in [9.17, 15) is 4.79 Å². The number of carbonyl (C=O) groups excluding carboxylic acids is 1. The Kier molecular flexibility index (Phi) is 2.93. The molecule has 0 radical (unpaired) electrons. The highest BCUT2D eigenvalue weighted by atomic mass is 79.9. The van der Waals surface area contributed by atoms with E-state index >= 15 is 0 Å². The van der Waals surface area contributed by atoms with Crippen LogP contribution in [0, 0.1) is 6.92 Å². The average molecular weight is 244 g/mol. The first kappa shape index (κ1) is 10.1. The van der Waals surface area contributed by atoms with E-state index in [1.807, 2.05) is 6.92 Å². The SMILES string of the molecule is COC(=O)c1cc(N)c(Br)cc1C. The summed E-state index contributed by atoms with van der Waals surface area (Å²) in [6, 6.07) is 3.40. The fourth-order valence-corrected chi connectivity index (χ4v) is 1.48. The van der Waals surface area contributed by atoms with Gasteiger partial charge in [-0.15, -0.1) is 0 Å². The number of benzene rings is 1. The van der Waals surface area contributed by atoms with Gasteiger partial charge < -0.3 is 10.5 Å². The number of ether oxygens (including phenoxy) is 1. The van der Waals surface area contributed by atoms with Crippen molar-refractivity contribution in [2.24, 2.45) is 0 Å². The number of aryl methyl sites for hydroxylation is 1. The molecule has 0 saturated heterocycles. The molecule has 0 atom stereocenters. The Morgan fingerprint density at radius 3 is 2.69 bits per heavy atom. The van der Waals surface area contributed by atoms with Crippen molar-refractivity contribution in [2.45, 2.75) is 6.92 Å². The molecule has 0 bridgehead atoms. The van der Waals surface area contributed by atoms with Gasteiger partial charge >= 0.3 is 5.97 Å². The predicted molar refractivity (Wildman–Crippen MR) is 54.6 cm³/mol. The van der Waals surface area contributed by atoms with Gasteiger partial charge in [-0.3, -0.25) is 0 Å². The van der Waals surface area contributed by atoms with Gasteiger partial charge in [0, 0.05) is 10.2 Å². The number of rotatable bonds is 1. The van der Waals surface area contributed by atoms with Crippen molar-refractivity contribution in [3.05, 3.63) is 27.7 Å². The Morgan fingerprint density at radius 2 is 2.15 bits per heavy atom. The van der Waals surface area contributed by atoms with Gasteiger partial charge in [0.25, 0.3) is 0 Å². The minimum Gasteiger partial charge on any atom is -0.465 e. The molecule has 3 nitrogen and oxygen atoms in total. The Bertz CT molecular complexity index is 350. The van der Waals surface area contributed by atoms with E-state index in [4.69, 9.17) is 5.73 Å². The second-order valence-electron chi connectivity index (χ2n) is 2.68. The van der Waals surface area contributed by atoms with Crippen molar-refractivity contribution in [1.29, 1.82) is 0 Å². The van der Waals surface area contributed by atoms with E-state index in [1.54, 1.807) is 12.1 Å². The molecule has 0 aliphatic carbocycles. The maximum atomic E-state index is 11.2. The molecule has 0 saturated carbocycles. The third-order valence-electron chi connectivity index (χ3n) is 1.75. The molecule has 0 aliphatic heterocycles. The first-order chi connectivity index (χ1) is 6.06. The molecular weight excluding hydrogens is 234 g/mol. The van der Waals surface area contributed by atoms with Crippen LogP contribution in [-0.2, 0) is 4.74 Å². The van der Waals surface area contributed by atoms with Crippen LogP contribution < -0.4 is 5.73 Å². The zero-order valence-electron chi connectivity index (χ0n) is 7.43. The minimum atomic E-state index is -0.364. The minimum absolute atomic E-state index is 0.364. The van der Waals surface area contributed by atoms with Crippen molar-refractivity contribution < 1.29 is 9.53 Å². The average Bonchev–Trinajstić information content (AvgIpc) is 2.10. The van der Waals surface area contributed by atoms with Crippen LogP contribution in [0.4, 0.5) is 5.69 Å². The molecule has 0 unspecified atom stereocenters. The standard InChI is InChI=1S/C9H10BrNO2/c1-5-3-7(10)8(11)4-6(5)9(12)13-2/h3-4H,11H2,1-2H3. The van der Waals surface area contributed by atoms with Crippen molar-refractivity contribution in [3.63, 3.8) is 0 Å². The number of nitrogens with two attached hydrogens (primary N) is 1. The highest BCUT2D eigenvalue weighted by Gasteiger charge is 2.10. The molecule has 1 rings (SSSR count). The first-order valence-corrected chi connectivity index (χ1v) is 4.49. The summed E-state index contributed by atoms with van der Waals surface area (Å²) < 4.78 is 5.39. The zero-order valence-corrected chi connectivity index (χ0v) is 9.01. The summed E-state index contributed by atoms with van der Waals surface area (Å²) in [4.78, 5) is 11.2. The van der Waals surface area contributed by atoms with Crippen LogP contribution in [0.1, 0.15) is 15.9 Å². The van der Waals surface area contributed by atoms with E-state index in [0.29, 0.717) is 11.3 Å². The van der Waals surface area contributed by atoms with Gasteiger partial charge in [-0.1, -0.05) is 0 Å². The summed E-state index contributed by atoms with van der Waals surface area (Å²) in [7, 11) is 1.35. The summed E-state index contributed by atoms with van der Waals surface area (Å²) in [5, 5.41) is 0. The molecule has 2 N–H and O–H groups in total. The highest BCUT2D eigenvalue weighted by Crippen LogP contribution is 2.23. The zero-order chi connectivity index (χ0) is 10.0. The number of hydrogen-bond acceptors (Lipinski definition) is 3. The van der Waals surface area contributed by atoms with Crippen LogP contribution in [0.5, 0.6) is 0 Å². The number of methoxy groups -OCH3 is 1. The fourth-order valence-electron chi connectivity index (χ4n) is 1.02. The van der Waals surface area contributed by atoms with Crippen LogP contribution in [0.3, 0.4) is 0 Å². The predicted octanol–water partition coefficient (Wildman–Crippen LogP) is 2.13. The molecule has 0 spiro atoms. The summed E-state index contributed by atoms with van der Waals surface area (Å²) in [6.07, 6.45) is 0. The second kappa shape index (κ2) is 3.79. The van der Waals surface area contributed by atoms with Gasteiger partial charge in [-0.05, 0) is 40.5 Å². The van der Waals surface area contributed by atoms with E-state index < -0.39 is 0 Å². The summed E-state index contributed by atoms with van der Waals surface area (Å²) in [5.74, 6) is -0.364. The molecule has 0 amide bonds. The Labute approximate surface area is 85.0 Å². The molecule has 1 aromatic rings. The van der Waals surface area contributed by atoms with Gasteiger partial charge in [0.1, 0.15) is 0 Å². The quantitative estimate of drug-likeness (QED) is 0.608. The third kappa shape index (κ3) is 2.01. The number of anilines is 1. The number of hydrogen-bond donors (Lipinski definition) is 1. The van der Waals surface area contributed by atoms with E-state index in [1.165, 1.54) is 7.11 Å². The number of esters is 1. The largest absolute Gasteiger partial charge is 0.465 e. The topological polar surface area (TPSA) is 52.3 Å². The van der Waals surface area contributed by atoms with E-state index in [-0.39, 0.29) is 5.97 Å². The summed E-state index contributed by atoms with van der Waals surface area (Å²) >= 11 is 3.27. The molecule has 0 aliphatic rings. The summed E-state index contributed by atoms with van der Waals surface area (Å²) in [5.41, 5.74) is 7.50. The Hall–Kier alpha value is -1.03. The van der Waals surface area contributed by atoms with Crippen molar-refractivity contribution in [1.82, 2.24) is 0 Å². The molecule has 0 heterocycles. The van der Waals surface area contributed by atoms with Crippen LogP contribution >= 0.6 is 15.9 Å². The summed E-state index contributed by atoms with van der Waals surface area (Å²) in [6.45, 7) is 1.83. The molecule has 13 heavy (non-hydrogen) atoms. The van der Waals surface area contributed by atoms with E-state index in [2.05, 4.69) is 20.7 Å². The van der Waals surface area contributed by atoms with Crippen LogP contribution in [0.2, 0.25) is 0 Å². The van der Waals surface area contributed by atoms with Crippen LogP contribution in [0.25, 0.3) is 0 Å². The number of nitrogen functional groups attached to an aromatic ring is 1. The lowest BCUT2D eigenvalue weighted by molar-refractivity contribution is 0.0600. The van der Waals surface area contributed by atoms with Crippen LogP contribution in [-0.4, -0.2) is 13.1 Å². The number of carbonyl (C=O) groups is 1. The lowest BCUT2D eigenvalue weighted by Crippen LogP contribution is -2.05. The van der Waals surface area contributed by atoms with Crippen molar-refractivity contribution in [2.75, 3.05) is 12.8 Å². The first-order valence-electron chi connectivity index (χ1n) is 3.70. The third-order valence-corrected chi connectivity index (χ3v) is 2.44. The molecule has 70 valence electrons. The fraction of sp³-hybridized carbons (Fsp3) is 0.222. The highest BCUT2D eigenvalue weighted by molar-refractivity contribution is 9.10. The maximum absolute atomic E-state index is 11.2. The maximum Gasteiger partial charge on any atom is 0.338 e. The number of halogens is 1. The van der Waals surface area contributed by atoms with Gasteiger partial charge in [-0.25, -0.2) is 4.79 Å². The van der Waals surface area contributed by atoms with Gasteiger partial charge in [0.15, 0.2) is 0 Å². The van der Waals surface area contributed by atoms with E-state index in [0.717, 1.165) is 10.0 Å². The molecular formula is C9H10BrNO2. The van der Waals surface area contributed by atoms with Gasteiger partial charge in [0.2, 0.25) is 0 Å². The molecule has 0 aromatic heterocycles. The lowest BCUT2D eigenvalue weighted by atomic mass is 10.1. The normalized spacial score (nSPS) is 9.77. The smallest absolute Gasteiger partial charge is 0.338 e. The van der Waals surface area contributed by atoms with Crippen molar-refractivity contribution >= 4 is 27.6 Å². The molecule has 0 fully saturated rings.